The summed E-state index contributed by atoms with van der Waals surface area (Å²) in [5.74, 6) is 1.15. The summed E-state index contributed by atoms with van der Waals surface area (Å²) in [6, 6.07) is 0. The number of carbonyl (C=O) groups excluding carboxylic acids is 2. The molecule has 0 radical (unpaired) electrons. The predicted molar refractivity (Wildman–Crippen MR) is 84.4 cm³/mol. The van der Waals surface area contributed by atoms with Gasteiger partial charge in [-0.25, -0.2) is 0 Å². The highest BCUT2D eigenvalue weighted by Gasteiger charge is 2.18. The molecule has 0 unspecified atom stereocenters. The number of carbonyl (C=O) groups is 2. The van der Waals surface area contributed by atoms with Crippen LogP contribution in [0.25, 0.3) is 0 Å². The minimum Gasteiger partial charge on any atom is -0.378 e. The van der Waals surface area contributed by atoms with Crippen molar-refractivity contribution in [2.75, 3.05) is 50.9 Å². The molecule has 2 saturated heterocycles. The van der Waals surface area contributed by atoms with Gasteiger partial charge < -0.3 is 14.5 Å². The number of thioether (sulfide) groups is 1. The average Bonchev–Trinajstić information content (AvgIpc) is 2.47. The van der Waals surface area contributed by atoms with Crippen LogP contribution in [0.3, 0.4) is 0 Å². The fraction of sp³-hybridized carbons (Fsp3) is 0.867. The van der Waals surface area contributed by atoms with Crippen LogP contribution < -0.4 is 0 Å². The Bertz CT molecular complexity index is 338. The van der Waals surface area contributed by atoms with Gasteiger partial charge in [-0.2, -0.15) is 0 Å². The van der Waals surface area contributed by atoms with Gasteiger partial charge in [-0.3, -0.25) is 9.59 Å². The predicted octanol–water partition coefficient (Wildman–Crippen LogP) is 1.37. The number of amides is 2. The van der Waals surface area contributed by atoms with Gasteiger partial charge in [0, 0.05) is 26.2 Å². The fourth-order valence-electron chi connectivity index (χ4n) is 2.72. The fourth-order valence-corrected chi connectivity index (χ4v) is 3.53. The second-order valence-electron chi connectivity index (χ2n) is 5.63. The average molecular weight is 314 g/mol. The summed E-state index contributed by atoms with van der Waals surface area (Å²) in [5, 5.41) is 0. The molecule has 0 spiro atoms. The van der Waals surface area contributed by atoms with Gasteiger partial charge in [0.1, 0.15) is 0 Å². The summed E-state index contributed by atoms with van der Waals surface area (Å²) >= 11 is 1.45. The standard InChI is InChI=1S/C15H26N2O3S/c18-14(16-6-4-2-1-3-5-7-16)12-21-13-15(19)17-8-10-20-11-9-17/h1-13H2. The van der Waals surface area contributed by atoms with Gasteiger partial charge in [0.2, 0.25) is 11.8 Å². The molecular weight excluding hydrogens is 288 g/mol. The van der Waals surface area contributed by atoms with E-state index in [1.165, 1.54) is 31.0 Å². The largest absolute Gasteiger partial charge is 0.378 e. The summed E-state index contributed by atoms with van der Waals surface area (Å²) in [6.07, 6.45) is 5.98. The Morgan fingerprint density at radius 1 is 0.762 bits per heavy atom. The minimum atomic E-state index is 0.128. The summed E-state index contributed by atoms with van der Waals surface area (Å²) < 4.78 is 5.23. The number of morpholine rings is 1. The highest BCUT2D eigenvalue weighted by Crippen LogP contribution is 2.12. The van der Waals surface area contributed by atoms with E-state index in [-0.39, 0.29) is 11.8 Å². The van der Waals surface area contributed by atoms with E-state index in [9.17, 15) is 9.59 Å². The Hall–Kier alpha value is -0.750. The molecule has 6 heteroatoms. The number of ether oxygens (including phenoxy) is 1. The molecule has 5 nitrogen and oxygen atoms in total. The first-order chi connectivity index (χ1) is 10.3. The summed E-state index contributed by atoms with van der Waals surface area (Å²) in [6.45, 7) is 4.39. The van der Waals surface area contributed by atoms with Crippen molar-refractivity contribution in [3.63, 3.8) is 0 Å². The van der Waals surface area contributed by atoms with E-state index in [4.69, 9.17) is 4.74 Å². The number of hydrogen-bond donors (Lipinski definition) is 0. The molecule has 2 heterocycles. The molecule has 21 heavy (non-hydrogen) atoms. The monoisotopic (exact) mass is 314 g/mol. The lowest BCUT2D eigenvalue weighted by molar-refractivity contribution is -0.132. The molecule has 0 atom stereocenters. The third-order valence-corrected chi connectivity index (χ3v) is 4.93. The zero-order chi connectivity index (χ0) is 14.9. The van der Waals surface area contributed by atoms with Gasteiger partial charge >= 0.3 is 0 Å². The summed E-state index contributed by atoms with van der Waals surface area (Å²) in [5.41, 5.74) is 0. The van der Waals surface area contributed by atoms with Crippen LogP contribution in [0.1, 0.15) is 32.1 Å². The van der Waals surface area contributed by atoms with Crippen molar-refractivity contribution in [2.45, 2.75) is 32.1 Å². The third kappa shape index (κ3) is 5.87. The van der Waals surface area contributed by atoms with E-state index in [1.807, 2.05) is 9.80 Å². The molecule has 2 fully saturated rings. The van der Waals surface area contributed by atoms with Crippen molar-refractivity contribution in [2.24, 2.45) is 0 Å². The van der Waals surface area contributed by atoms with Gasteiger partial charge in [0.15, 0.2) is 0 Å². The van der Waals surface area contributed by atoms with Gasteiger partial charge in [-0.15, -0.1) is 11.8 Å². The van der Waals surface area contributed by atoms with Crippen molar-refractivity contribution < 1.29 is 14.3 Å². The molecule has 0 aromatic heterocycles. The van der Waals surface area contributed by atoms with Crippen LogP contribution in [-0.4, -0.2) is 72.5 Å². The molecule has 120 valence electrons. The minimum absolute atomic E-state index is 0.128. The topological polar surface area (TPSA) is 49.9 Å². The lowest BCUT2D eigenvalue weighted by atomic mass is 10.1. The Morgan fingerprint density at radius 3 is 1.81 bits per heavy atom. The maximum atomic E-state index is 12.2. The van der Waals surface area contributed by atoms with E-state index in [1.54, 1.807) is 0 Å². The van der Waals surface area contributed by atoms with Crippen LogP contribution in [0.5, 0.6) is 0 Å². The van der Waals surface area contributed by atoms with Crippen LogP contribution in [0.15, 0.2) is 0 Å². The van der Waals surface area contributed by atoms with Gasteiger partial charge in [-0.05, 0) is 12.8 Å². The van der Waals surface area contributed by atoms with Crippen LogP contribution in [0.4, 0.5) is 0 Å². The van der Waals surface area contributed by atoms with E-state index in [2.05, 4.69) is 0 Å². The number of rotatable bonds is 4. The molecule has 0 saturated carbocycles. The quantitative estimate of drug-likeness (QED) is 0.786. The number of hydrogen-bond acceptors (Lipinski definition) is 4. The van der Waals surface area contributed by atoms with Gasteiger partial charge in [0.25, 0.3) is 0 Å². The van der Waals surface area contributed by atoms with Crippen LogP contribution in [-0.2, 0) is 14.3 Å². The van der Waals surface area contributed by atoms with Gasteiger partial charge in [0.05, 0.1) is 24.7 Å². The SMILES string of the molecule is O=C(CSCC(=O)N1CCOCC1)N1CCCCCCC1. The molecular formula is C15H26N2O3S. The molecule has 0 bridgehead atoms. The zero-order valence-corrected chi connectivity index (χ0v) is 13.5. The molecule has 2 amide bonds. The van der Waals surface area contributed by atoms with E-state index in [0.717, 1.165) is 25.9 Å². The Morgan fingerprint density at radius 2 is 1.24 bits per heavy atom. The molecule has 2 aliphatic rings. The molecule has 0 aromatic rings. The zero-order valence-electron chi connectivity index (χ0n) is 12.7. The van der Waals surface area contributed by atoms with Crippen molar-refractivity contribution in [1.82, 2.24) is 9.80 Å². The van der Waals surface area contributed by atoms with Crippen LogP contribution >= 0.6 is 11.8 Å². The van der Waals surface area contributed by atoms with Crippen LogP contribution in [0, 0.1) is 0 Å². The maximum absolute atomic E-state index is 12.2. The lowest BCUT2D eigenvalue weighted by Crippen LogP contribution is -2.42. The Kier molecular flexibility index (Phi) is 7.36. The van der Waals surface area contributed by atoms with E-state index < -0.39 is 0 Å². The summed E-state index contributed by atoms with van der Waals surface area (Å²) in [4.78, 5) is 28.0. The number of likely N-dealkylation sites (tertiary alicyclic amines) is 1. The summed E-state index contributed by atoms with van der Waals surface area (Å²) in [7, 11) is 0. The van der Waals surface area contributed by atoms with E-state index >= 15 is 0 Å². The highest BCUT2D eigenvalue weighted by molar-refractivity contribution is 8.00. The van der Waals surface area contributed by atoms with Crippen molar-refractivity contribution in [3.8, 4) is 0 Å². The van der Waals surface area contributed by atoms with Crippen LogP contribution in [0.2, 0.25) is 0 Å². The van der Waals surface area contributed by atoms with Crippen molar-refractivity contribution >= 4 is 23.6 Å². The molecule has 0 aromatic carbocycles. The normalized spacial score (nSPS) is 20.8. The van der Waals surface area contributed by atoms with Gasteiger partial charge in [-0.1, -0.05) is 19.3 Å². The second-order valence-corrected chi connectivity index (χ2v) is 6.62. The molecule has 0 N–H and O–H groups in total. The smallest absolute Gasteiger partial charge is 0.232 e. The molecule has 2 aliphatic heterocycles. The first-order valence-electron chi connectivity index (χ1n) is 7.98. The van der Waals surface area contributed by atoms with E-state index in [0.29, 0.717) is 37.8 Å². The lowest BCUT2D eigenvalue weighted by Gasteiger charge is -2.27. The Labute approximate surface area is 131 Å². The first-order valence-corrected chi connectivity index (χ1v) is 9.14. The first kappa shape index (κ1) is 16.6. The second kappa shape index (κ2) is 9.30. The molecule has 0 aliphatic carbocycles. The van der Waals surface area contributed by atoms with Crippen molar-refractivity contribution in [3.05, 3.63) is 0 Å². The van der Waals surface area contributed by atoms with Crippen molar-refractivity contribution in [1.29, 1.82) is 0 Å². The Balaban J connectivity index is 1.64. The third-order valence-electron chi connectivity index (χ3n) is 4.02. The molecule has 2 rings (SSSR count). The maximum Gasteiger partial charge on any atom is 0.232 e. The number of nitrogens with zero attached hydrogens (tertiary/aromatic N) is 2. The highest BCUT2D eigenvalue weighted by atomic mass is 32.2.